The molecule has 4 aromatic carbocycles. The van der Waals surface area contributed by atoms with Crippen molar-refractivity contribution >= 4 is 60.1 Å². The van der Waals surface area contributed by atoms with Gasteiger partial charge >= 0.3 is 0 Å². The number of rotatable bonds is 6. The van der Waals surface area contributed by atoms with Crippen molar-refractivity contribution in [1.29, 1.82) is 0 Å². The van der Waals surface area contributed by atoms with Crippen molar-refractivity contribution in [2.45, 2.75) is 16.9 Å². The van der Waals surface area contributed by atoms with E-state index in [0.717, 1.165) is 12.2 Å². The maximum atomic E-state index is 15.0. The maximum Gasteiger partial charge on any atom is 0.261 e. The van der Waals surface area contributed by atoms with Crippen molar-refractivity contribution < 1.29 is 31.2 Å². The first-order valence-corrected chi connectivity index (χ1v) is 17.8. The molecule has 7 rings (SSSR count). The number of primary sulfonamides is 1. The molecule has 3 aliphatic rings. The van der Waals surface area contributed by atoms with E-state index in [0.29, 0.717) is 17.8 Å². The molecule has 0 amide bonds. The lowest BCUT2D eigenvalue weighted by atomic mass is 9.65. The van der Waals surface area contributed by atoms with Gasteiger partial charge in [-0.05, 0) is 61.2 Å². The SMILES string of the molecule is CNCc1ccc2c(c1)C1(C(=O)C(S(N)(=O)=O)=CC=C1NS(=O)(=O)c1ccc(N)cc1)c1cc(c3c(c1N)C(=O)c1ccccc1C3=O)N2. The van der Waals surface area contributed by atoms with Gasteiger partial charge in [-0.2, -0.15) is 0 Å². The molecule has 0 saturated heterocycles. The summed E-state index contributed by atoms with van der Waals surface area (Å²) in [5.74, 6) is -2.25. The first kappa shape index (κ1) is 32.0. The summed E-state index contributed by atoms with van der Waals surface area (Å²) in [6.07, 6.45) is 2.05. The average Bonchev–Trinajstić information content (AvgIpc) is 3.17. The number of anilines is 4. The highest BCUT2D eigenvalue weighted by molar-refractivity contribution is 7.94. The third-order valence-corrected chi connectivity index (χ3v) is 11.2. The number of fused-ring (bicyclic) bond motifs is 8. The van der Waals surface area contributed by atoms with Gasteiger partial charge in [-0.25, -0.2) is 22.0 Å². The molecule has 9 N–H and O–H groups in total. The molecular formula is C34H28N6O7S2. The van der Waals surface area contributed by atoms with Crippen molar-refractivity contribution in [3.8, 4) is 0 Å². The molecule has 2 aliphatic carbocycles. The zero-order chi connectivity index (χ0) is 35.0. The Morgan fingerprint density at radius 3 is 2.06 bits per heavy atom. The van der Waals surface area contributed by atoms with Crippen LogP contribution in [0.1, 0.15) is 48.5 Å². The molecule has 0 fully saturated rings. The average molecular weight is 697 g/mol. The Kier molecular flexibility index (Phi) is 7.15. The van der Waals surface area contributed by atoms with Crippen molar-refractivity contribution in [2.24, 2.45) is 5.14 Å². The van der Waals surface area contributed by atoms with Gasteiger partial charge in [0.1, 0.15) is 10.3 Å². The van der Waals surface area contributed by atoms with Crippen LogP contribution in [0.5, 0.6) is 0 Å². The van der Waals surface area contributed by atoms with Crippen LogP contribution in [-0.2, 0) is 36.8 Å². The fourth-order valence-corrected chi connectivity index (χ4v) is 8.52. The molecule has 1 aliphatic heterocycles. The van der Waals surface area contributed by atoms with Gasteiger partial charge in [0.25, 0.3) is 10.0 Å². The van der Waals surface area contributed by atoms with Crippen molar-refractivity contribution in [1.82, 2.24) is 10.0 Å². The maximum absolute atomic E-state index is 15.0. The highest BCUT2D eigenvalue weighted by Crippen LogP contribution is 2.54. The zero-order valence-electron chi connectivity index (χ0n) is 25.7. The summed E-state index contributed by atoms with van der Waals surface area (Å²) in [6, 6.07) is 17.8. The van der Waals surface area contributed by atoms with Crippen LogP contribution in [0.4, 0.5) is 22.7 Å². The summed E-state index contributed by atoms with van der Waals surface area (Å²) in [5, 5.41) is 11.8. The third-order valence-electron chi connectivity index (χ3n) is 8.89. The van der Waals surface area contributed by atoms with Crippen LogP contribution in [-0.4, -0.2) is 41.2 Å². The molecule has 13 nitrogen and oxygen atoms in total. The number of hydrogen-bond donors (Lipinski definition) is 6. The van der Waals surface area contributed by atoms with Gasteiger partial charge in [0, 0.05) is 51.6 Å². The standard InChI is InChI=1S/C34H28N6O7S2/c1-38-16-17-6-11-24-22(14-17)34(23-15-25(39-24)28-29(30(23)36)32(42)21-5-3-2-4-20(21)31(28)41)27(13-12-26(33(34)43)48(37,44)45)40-49(46,47)19-9-7-18(35)8-10-19/h2-15,38-40H,16,35-36H2,1H3,(H2,37,44,45). The lowest BCUT2D eigenvalue weighted by Gasteiger charge is -2.39. The third kappa shape index (κ3) is 4.69. The molecule has 248 valence electrons. The van der Waals surface area contributed by atoms with Crippen molar-refractivity contribution in [3.05, 3.63) is 134 Å². The summed E-state index contributed by atoms with van der Waals surface area (Å²) in [6.45, 7) is 0.293. The van der Waals surface area contributed by atoms with Crippen LogP contribution in [0, 0.1) is 0 Å². The summed E-state index contributed by atoms with van der Waals surface area (Å²) in [7, 11) is -7.49. The van der Waals surface area contributed by atoms with Gasteiger partial charge in [-0.3, -0.25) is 19.1 Å². The molecule has 4 aromatic rings. The molecule has 1 unspecified atom stereocenters. The summed E-state index contributed by atoms with van der Waals surface area (Å²) in [4.78, 5) is 42.1. The Balaban J connectivity index is 1.61. The van der Waals surface area contributed by atoms with E-state index in [2.05, 4.69) is 15.4 Å². The van der Waals surface area contributed by atoms with E-state index in [1.54, 1.807) is 37.4 Å². The molecule has 0 saturated carbocycles. The molecule has 0 radical (unpaired) electrons. The zero-order valence-corrected chi connectivity index (χ0v) is 27.3. The number of carbonyl (C=O) groups excluding carboxylic acids is 3. The number of nitrogens with two attached hydrogens (primary N) is 3. The van der Waals surface area contributed by atoms with Crippen LogP contribution < -0.4 is 32.0 Å². The van der Waals surface area contributed by atoms with E-state index in [1.165, 1.54) is 42.5 Å². The van der Waals surface area contributed by atoms with E-state index in [1.807, 2.05) is 0 Å². The molecule has 2 bridgehead atoms. The number of Topliss-reactive ketones (excluding diaryl/α,β-unsaturated/α-hetero) is 1. The van der Waals surface area contributed by atoms with Gasteiger partial charge in [0.05, 0.1) is 21.7 Å². The lowest BCUT2D eigenvalue weighted by molar-refractivity contribution is -0.118. The van der Waals surface area contributed by atoms with Crippen molar-refractivity contribution in [2.75, 3.05) is 23.8 Å². The Morgan fingerprint density at radius 2 is 1.43 bits per heavy atom. The molecule has 1 spiro atoms. The highest BCUT2D eigenvalue weighted by atomic mass is 32.2. The van der Waals surface area contributed by atoms with Crippen molar-refractivity contribution in [3.63, 3.8) is 0 Å². The fraction of sp³-hybridized carbons (Fsp3) is 0.0882. The minimum Gasteiger partial charge on any atom is -0.399 e. The molecule has 15 heteroatoms. The van der Waals surface area contributed by atoms with Gasteiger partial charge in [0.15, 0.2) is 17.3 Å². The largest absolute Gasteiger partial charge is 0.399 e. The van der Waals surface area contributed by atoms with E-state index in [9.17, 15) is 26.4 Å². The topological polar surface area (TPSA) is 234 Å². The number of sulfonamides is 2. The number of carbonyl (C=O) groups is 3. The number of benzene rings is 4. The van der Waals surface area contributed by atoms with Gasteiger partial charge in [-0.15, -0.1) is 0 Å². The number of allylic oxidation sites excluding steroid dienone is 4. The monoisotopic (exact) mass is 696 g/mol. The summed E-state index contributed by atoms with van der Waals surface area (Å²) >= 11 is 0. The Labute approximate surface area is 281 Å². The number of hydrogen-bond acceptors (Lipinski definition) is 11. The molecule has 1 heterocycles. The van der Waals surface area contributed by atoms with Crippen LogP contribution in [0.3, 0.4) is 0 Å². The highest BCUT2D eigenvalue weighted by Gasteiger charge is 2.55. The van der Waals surface area contributed by atoms with Gasteiger partial charge < -0.3 is 22.1 Å². The van der Waals surface area contributed by atoms with E-state index >= 15 is 4.79 Å². The number of ketones is 3. The van der Waals surface area contributed by atoms with Crippen LogP contribution in [0.15, 0.2) is 100 Å². The quantitative estimate of drug-likeness (QED) is 0.141. The fourth-order valence-electron chi connectivity index (χ4n) is 6.73. The smallest absolute Gasteiger partial charge is 0.261 e. The molecule has 49 heavy (non-hydrogen) atoms. The van der Waals surface area contributed by atoms with Crippen LogP contribution in [0.2, 0.25) is 0 Å². The van der Waals surface area contributed by atoms with Crippen LogP contribution >= 0.6 is 0 Å². The second kappa shape index (κ2) is 11.0. The van der Waals surface area contributed by atoms with E-state index in [4.69, 9.17) is 16.6 Å². The van der Waals surface area contributed by atoms with E-state index in [-0.39, 0.29) is 61.0 Å². The minimum atomic E-state index is -4.71. The second-order valence-electron chi connectivity index (χ2n) is 11.8. The molecule has 1 atom stereocenters. The second-order valence-corrected chi connectivity index (χ2v) is 15.0. The van der Waals surface area contributed by atoms with E-state index < -0.39 is 47.7 Å². The number of nitrogen functional groups attached to an aromatic ring is 2. The first-order valence-electron chi connectivity index (χ1n) is 14.8. The van der Waals surface area contributed by atoms with Crippen LogP contribution in [0.25, 0.3) is 0 Å². The summed E-state index contributed by atoms with van der Waals surface area (Å²) < 4.78 is 56.3. The molecular weight excluding hydrogens is 669 g/mol. The Morgan fingerprint density at radius 1 is 0.776 bits per heavy atom. The Hall–Kier alpha value is -5.61. The predicted octanol–water partition coefficient (Wildman–Crippen LogP) is 2.31. The number of nitrogens with one attached hydrogen (secondary N) is 3. The van der Waals surface area contributed by atoms with Gasteiger partial charge in [0.2, 0.25) is 10.0 Å². The lowest BCUT2D eigenvalue weighted by Crippen LogP contribution is -2.49. The Bertz CT molecular complexity index is 2470. The minimum absolute atomic E-state index is 0.0503. The van der Waals surface area contributed by atoms with Gasteiger partial charge in [-0.1, -0.05) is 36.4 Å². The predicted molar refractivity (Wildman–Crippen MR) is 183 cm³/mol. The normalized spacial score (nSPS) is 18.0. The molecule has 0 aromatic heterocycles. The summed E-state index contributed by atoms with van der Waals surface area (Å²) in [5.41, 5.74) is 10.8. The first-order chi connectivity index (χ1) is 23.2.